The zero-order valence-electron chi connectivity index (χ0n) is 19.9. The monoisotopic (exact) mass is 577 g/mol. The van der Waals surface area contributed by atoms with Crippen LogP contribution in [0.25, 0.3) is 0 Å². The first-order valence-corrected chi connectivity index (χ1v) is 12.5. The summed E-state index contributed by atoms with van der Waals surface area (Å²) < 4.78 is 0. The number of rotatable bonds is 8. The highest BCUT2D eigenvalue weighted by molar-refractivity contribution is 14.0. The fourth-order valence-electron chi connectivity index (χ4n) is 6.02. The fourth-order valence-corrected chi connectivity index (χ4v) is 6.02. The van der Waals surface area contributed by atoms with Crippen molar-refractivity contribution in [3.63, 3.8) is 0 Å². The van der Waals surface area contributed by atoms with Crippen LogP contribution in [0.4, 0.5) is 0 Å². The minimum absolute atomic E-state index is 0. The number of allylic oxidation sites excluding steroid dienone is 2. The maximum Gasteiger partial charge on any atom is 0.233 e. The third-order valence-corrected chi connectivity index (χ3v) is 7.65. The molecule has 4 atom stereocenters. The molecule has 1 aromatic carbocycles. The van der Waals surface area contributed by atoms with E-state index in [1.807, 2.05) is 0 Å². The van der Waals surface area contributed by atoms with E-state index in [4.69, 9.17) is 0 Å². The van der Waals surface area contributed by atoms with Crippen molar-refractivity contribution in [2.45, 2.75) is 32.7 Å². The van der Waals surface area contributed by atoms with E-state index in [1.165, 1.54) is 16.0 Å². The number of aliphatic imine (C=N–C) groups is 1. The van der Waals surface area contributed by atoms with Crippen LogP contribution in [0.15, 0.2) is 41.4 Å². The lowest BCUT2D eigenvalue weighted by molar-refractivity contribution is -0.140. The van der Waals surface area contributed by atoms with Crippen LogP contribution in [0.1, 0.15) is 30.9 Å². The Balaban J connectivity index is 0.00000274. The molecule has 4 aliphatic rings. The highest BCUT2D eigenvalue weighted by atomic mass is 127. The largest absolute Gasteiger partial charge is 0.357 e. The third-order valence-electron chi connectivity index (χ3n) is 7.65. The molecule has 0 radical (unpaired) electrons. The van der Waals surface area contributed by atoms with Gasteiger partial charge < -0.3 is 10.6 Å². The van der Waals surface area contributed by atoms with Gasteiger partial charge in [0, 0.05) is 45.8 Å². The van der Waals surface area contributed by atoms with Crippen LogP contribution in [0.3, 0.4) is 0 Å². The predicted molar refractivity (Wildman–Crippen MR) is 144 cm³/mol. The Labute approximate surface area is 219 Å². The van der Waals surface area contributed by atoms with Gasteiger partial charge in [0.25, 0.3) is 0 Å². The maximum absolute atomic E-state index is 12.8. The van der Waals surface area contributed by atoms with Crippen LogP contribution in [-0.2, 0) is 22.6 Å². The Hall–Kier alpha value is -1.94. The normalized spacial score (nSPS) is 27.6. The van der Waals surface area contributed by atoms with Crippen LogP contribution in [0.5, 0.6) is 0 Å². The summed E-state index contributed by atoms with van der Waals surface area (Å²) in [4.78, 5) is 34.2. The second-order valence-corrected chi connectivity index (χ2v) is 9.66. The maximum atomic E-state index is 12.8. The van der Waals surface area contributed by atoms with Gasteiger partial charge in [0.05, 0.1) is 11.8 Å². The van der Waals surface area contributed by atoms with Crippen molar-refractivity contribution in [2.24, 2.45) is 28.7 Å². The minimum Gasteiger partial charge on any atom is -0.357 e. The predicted octanol–water partition coefficient (Wildman–Crippen LogP) is 2.42. The summed E-state index contributed by atoms with van der Waals surface area (Å²) in [6.07, 6.45) is 7.06. The summed E-state index contributed by atoms with van der Waals surface area (Å²) in [6.45, 7) is 7.80. The SMILES string of the molecule is CCNC(=NCCCN1C(=O)C2C3C=CC(C3)C2C1=O)NCCN1CCc2ccccc2C1.I. The van der Waals surface area contributed by atoms with Crippen molar-refractivity contribution in [1.82, 2.24) is 20.4 Å². The number of imide groups is 1. The molecule has 5 rings (SSSR count). The summed E-state index contributed by atoms with van der Waals surface area (Å²) in [5.74, 6) is 1.23. The molecule has 1 saturated heterocycles. The minimum atomic E-state index is -0.100. The highest BCUT2D eigenvalue weighted by Crippen LogP contribution is 2.52. The lowest BCUT2D eigenvalue weighted by Gasteiger charge is -2.28. The van der Waals surface area contributed by atoms with Gasteiger partial charge in [0.2, 0.25) is 11.8 Å². The summed E-state index contributed by atoms with van der Waals surface area (Å²) in [5.41, 5.74) is 2.90. The van der Waals surface area contributed by atoms with Crippen molar-refractivity contribution in [3.05, 3.63) is 47.5 Å². The van der Waals surface area contributed by atoms with Gasteiger partial charge >= 0.3 is 0 Å². The molecule has 7 nitrogen and oxygen atoms in total. The van der Waals surface area contributed by atoms with E-state index in [1.54, 1.807) is 0 Å². The average molecular weight is 578 g/mol. The zero-order chi connectivity index (χ0) is 22.8. The van der Waals surface area contributed by atoms with Gasteiger partial charge in [-0.3, -0.25) is 24.4 Å². The van der Waals surface area contributed by atoms with Crippen LogP contribution in [0.2, 0.25) is 0 Å². The number of halogens is 1. The number of fused-ring (bicyclic) bond motifs is 6. The Morgan fingerprint density at radius 3 is 2.44 bits per heavy atom. The van der Waals surface area contributed by atoms with Gasteiger partial charge in [-0.1, -0.05) is 36.4 Å². The average Bonchev–Trinajstić information content (AvgIpc) is 3.51. The number of amides is 2. The molecule has 2 fully saturated rings. The number of guanidine groups is 1. The first-order chi connectivity index (χ1) is 16.2. The number of nitrogens with zero attached hydrogens (tertiary/aromatic N) is 3. The van der Waals surface area contributed by atoms with Crippen LogP contribution in [0, 0.1) is 23.7 Å². The Morgan fingerprint density at radius 2 is 1.74 bits per heavy atom. The molecule has 2 heterocycles. The summed E-state index contributed by atoms with van der Waals surface area (Å²) in [5, 5.41) is 6.73. The number of likely N-dealkylation sites (tertiary alicyclic amines) is 1. The number of benzene rings is 1. The fraction of sp³-hybridized carbons (Fsp3) is 0.577. The van der Waals surface area contributed by atoms with Gasteiger partial charge in [-0.15, -0.1) is 24.0 Å². The van der Waals surface area contributed by atoms with Crippen molar-refractivity contribution in [3.8, 4) is 0 Å². The molecule has 2 N–H and O–H groups in total. The molecule has 34 heavy (non-hydrogen) atoms. The Bertz CT molecular complexity index is 934. The van der Waals surface area contributed by atoms with Gasteiger partial charge in [-0.2, -0.15) is 0 Å². The molecule has 2 amide bonds. The molecule has 4 unspecified atom stereocenters. The van der Waals surface area contributed by atoms with Crippen molar-refractivity contribution in [2.75, 3.05) is 39.3 Å². The number of carbonyl (C=O) groups is 2. The lowest BCUT2D eigenvalue weighted by Crippen LogP contribution is -2.42. The van der Waals surface area contributed by atoms with Crippen LogP contribution < -0.4 is 10.6 Å². The summed E-state index contributed by atoms with van der Waals surface area (Å²) >= 11 is 0. The van der Waals surface area contributed by atoms with Crippen molar-refractivity contribution in [1.29, 1.82) is 0 Å². The van der Waals surface area contributed by atoms with Gasteiger partial charge in [-0.05, 0) is 49.1 Å². The van der Waals surface area contributed by atoms with Crippen LogP contribution in [-0.4, -0.2) is 66.8 Å². The molecule has 8 heteroatoms. The highest BCUT2D eigenvalue weighted by Gasteiger charge is 2.58. The molecule has 2 aliphatic heterocycles. The first kappa shape index (κ1) is 25.2. The van der Waals surface area contributed by atoms with Crippen molar-refractivity contribution < 1.29 is 9.59 Å². The zero-order valence-corrected chi connectivity index (χ0v) is 22.2. The summed E-state index contributed by atoms with van der Waals surface area (Å²) in [7, 11) is 0. The molecule has 184 valence electrons. The second kappa shape index (κ2) is 11.2. The molecule has 0 aromatic heterocycles. The van der Waals surface area contributed by atoms with Gasteiger partial charge in [0.1, 0.15) is 0 Å². The van der Waals surface area contributed by atoms with E-state index in [-0.39, 0.29) is 59.5 Å². The van der Waals surface area contributed by atoms with E-state index >= 15 is 0 Å². The first-order valence-electron chi connectivity index (χ1n) is 12.5. The molecular formula is C26H36IN5O2. The molecule has 1 saturated carbocycles. The number of nitrogens with one attached hydrogen (secondary N) is 2. The van der Waals surface area contributed by atoms with E-state index in [9.17, 15) is 9.59 Å². The van der Waals surface area contributed by atoms with E-state index in [0.717, 1.165) is 51.5 Å². The topological polar surface area (TPSA) is 77.0 Å². The second-order valence-electron chi connectivity index (χ2n) is 9.66. The lowest BCUT2D eigenvalue weighted by atomic mass is 9.85. The third kappa shape index (κ3) is 5.03. The molecule has 2 aliphatic carbocycles. The molecule has 0 spiro atoms. The summed E-state index contributed by atoms with van der Waals surface area (Å²) in [6, 6.07) is 8.70. The van der Waals surface area contributed by atoms with Crippen LogP contribution >= 0.6 is 24.0 Å². The van der Waals surface area contributed by atoms with E-state index < -0.39 is 0 Å². The Kier molecular flexibility index (Phi) is 8.29. The van der Waals surface area contributed by atoms with Gasteiger partial charge in [-0.25, -0.2) is 0 Å². The smallest absolute Gasteiger partial charge is 0.233 e. The van der Waals surface area contributed by atoms with E-state index in [0.29, 0.717) is 19.5 Å². The molecule has 2 bridgehead atoms. The molecular weight excluding hydrogens is 541 g/mol. The quantitative estimate of drug-likeness (QED) is 0.124. The van der Waals surface area contributed by atoms with E-state index in [2.05, 4.69) is 63.9 Å². The number of hydrogen-bond acceptors (Lipinski definition) is 4. The number of hydrogen-bond donors (Lipinski definition) is 2. The number of carbonyl (C=O) groups excluding carboxylic acids is 2. The molecule has 1 aromatic rings. The van der Waals surface area contributed by atoms with Gasteiger partial charge in [0.15, 0.2) is 5.96 Å². The van der Waals surface area contributed by atoms with Crippen molar-refractivity contribution >= 4 is 41.8 Å². The Morgan fingerprint density at radius 1 is 1.03 bits per heavy atom. The standard InChI is InChI=1S/C26H35N5O2.HI/c1-2-27-26(29-12-15-30-14-10-18-6-3-4-7-21(18)17-30)28-11-5-13-31-24(32)22-19-8-9-20(16-19)23(22)25(31)33;/h3-4,6-9,19-20,22-23H,2,5,10-17H2,1H3,(H2,27,28,29);1H.